The maximum atomic E-state index is 13.4. The fourth-order valence-corrected chi connectivity index (χ4v) is 1.61. The molecule has 0 saturated carbocycles. The predicted molar refractivity (Wildman–Crippen MR) is 67.3 cm³/mol. The van der Waals surface area contributed by atoms with Crippen molar-refractivity contribution in [2.75, 3.05) is 6.61 Å². The molecule has 0 aliphatic heterocycles. The number of rotatable bonds is 4. The standard InChI is InChI=1S/C15H9F2NO2/c16-12-2-1-3-13(17)15(12)14(19)9-20-11-6-4-10(8-18)5-7-11/h1-7H,9H2. The minimum Gasteiger partial charge on any atom is -0.485 e. The summed E-state index contributed by atoms with van der Waals surface area (Å²) in [5, 5.41) is 8.63. The SMILES string of the molecule is N#Cc1ccc(OCC(=O)c2c(F)cccc2F)cc1. The van der Waals surface area contributed by atoms with Crippen molar-refractivity contribution in [3.63, 3.8) is 0 Å². The summed E-state index contributed by atoms with van der Waals surface area (Å²) in [4.78, 5) is 11.7. The van der Waals surface area contributed by atoms with Gasteiger partial charge in [0.05, 0.1) is 17.2 Å². The van der Waals surface area contributed by atoms with E-state index in [4.69, 9.17) is 10.00 Å². The maximum absolute atomic E-state index is 13.4. The molecule has 2 rings (SSSR count). The Balaban J connectivity index is 2.07. The summed E-state index contributed by atoms with van der Waals surface area (Å²) in [5.41, 5.74) is -0.162. The average molecular weight is 273 g/mol. The zero-order chi connectivity index (χ0) is 14.5. The number of benzene rings is 2. The number of nitriles is 1. The highest BCUT2D eigenvalue weighted by Gasteiger charge is 2.17. The van der Waals surface area contributed by atoms with E-state index in [2.05, 4.69) is 0 Å². The minimum atomic E-state index is -0.918. The Labute approximate surface area is 114 Å². The lowest BCUT2D eigenvalue weighted by atomic mass is 10.1. The predicted octanol–water partition coefficient (Wildman–Crippen LogP) is 3.10. The topological polar surface area (TPSA) is 50.1 Å². The van der Waals surface area contributed by atoms with Gasteiger partial charge in [-0.15, -0.1) is 0 Å². The molecule has 0 atom stereocenters. The summed E-state index contributed by atoms with van der Waals surface area (Å²) in [5.74, 6) is -2.28. The van der Waals surface area contributed by atoms with E-state index in [-0.39, 0.29) is 0 Å². The molecule has 0 heterocycles. The lowest BCUT2D eigenvalue weighted by Gasteiger charge is -2.07. The third-order valence-electron chi connectivity index (χ3n) is 2.59. The number of carbonyl (C=O) groups is 1. The number of carbonyl (C=O) groups excluding carboxylic acids is 1. The van der Waals surface area contributed by atoms with E-state index in [0.29, 0.717) is 11.3 Å². The largest absolute Gasteiger partial charge is 0.485 e. The van der Waals surface area contributed by atoms with E-state index in [0.717, 1.165) is 12.1 Å². The highest BCUT2D eigenvalue weighted by molar-refractivity contribution is 5.97. The first-order valence-electron chi connectivity index (χ1n) is 5.72. The first-order chi connectivity index (χ1) is 9.61. The highest BCUT2D eigenvalue weighted by Crippen LogP contribution is 2.15. The van der Waals surface area contributed by atoms with Crippen molar-refractivity contribution in [1.82, 2.24) is 0 Å². The Bertz CT molecular complexity index is 655. The minimum absolute atomic E-state index is 0.342. The van der Waals surface area contributed by atoms with Crippen LogP contribution in [0, 0.1) is 23.0 Å². The number of halogens is 2. The van der Waals surface area contributed by atoms with Gasteiger partial charge in [-0.1, -0.05) is 6.07 Å². The van der Waals surface area contributed by atoms with Crippen LogP contribution in [0.4, 0.5) is 8.78 Å². The van der Waals surface area contributed by atoms with Gasteiger partial charge in [0, 0.05) is 0 Å². The van der Waals surface area contributed by atoms with Gasteiger partial charge >= 0.3 is 0 Å². The summed E-state index contributed by atoms with van der Waals surface area (Å²) < 4.78 is 31.9. The fraction of sp³-hybridized carbons (Fsp3) is 0.0667. The lowest BCUT2D eigenvalue weighted by Crippen LogP contribution is -2.15. The van der Waals surface area contributed by atoms with Crippen LogP contribution in [0.3, 0.4) is 0 Å². The summed E-state index contributed by atoms with van der Waals surface area (Å²) in [7, 11) is 0. The van der Waals surface area contributed by atoms with Crippen molar-refractivity contribution < 1.29 is 18.3 Å². The van der Waals surface area contributed by atoms with Crippen LogP contribution in [0.2, 0.25) is 0 Å². The summed E-state index contributed by atoms with van der Waals surface area (Å²) in [6, 6.07) is 11.2. The number of Topliss-reactive ketones (excluding diaryl/α,β-unsaturated/α-hetero) is 1. The summed E-state index contributed by atoms with van der Waals surface area (Å²) >= 11 is 0. The van der Waals surface area contributed by atoms with Crippen LogP contribution in [-0.4, -0.2) is 12.4 Å². The van der Waals surface area contributed by atoms with E-state index >= 15 is 0 Å². The molecule has 0 aliphatic carbocycles. The molecule has 2 aromatic carbocycles. The van der Waals surface area contributed by atoms with Gasteiger partial charge in [0.2, 0.25) is 5.78 Å². The number of ketones is 1. The maximum Gasteiger partial charge on any atom is 0.206 e. The number of hydrogen-bond acceptors (Lipinski definition) is 3. The van der Waals surface area contributed by atoms with Crippen LogP contribution in [0.15, 0.2) is 42.5 Å². The van der Waals surface area contributed by atoms with Gasteiger partial charge in [-0.3, -0.25) is 4.79 Å². The van der Waals surface area contributed by atoms with E-state index in [1.807, 2.05) is 6.07 Å². The molecule has 20 heavy (non-hydrogen) atoms. The van der Waals surface area contributed by atoms with Crippen molar-refractivity contribution >= 4 is 5.78 Å². The average Bonchev–Trinajstić information content (AvgIpc) is 2.45. The van der Waals surface area contributed by atoms with E-state index in [1.54, 1.807) is 0 Å². The molecule has 100 valence electrons. The molecule has 2 aromatic rings. The number of hydrogen-bond donors (Lipinski definition) is 0. The van der Waals surface area contributed by atoms with Crippen LogP contribution in [-0.2, 0) is 0 Å². The summed E-state index contributed by atoms with van der Waals surface area (Å²) in [6.45, 7) is -0.482. The molecule has 0 N–H and O–H groups in total. The van der Waals surface area contributed by atoms with Crippen LogP contribution < -0.4 is 4.74 Å². The van der Waals surface area contributed by atoms with Gasteiger partial charge < -0.3 is 4.74 Å². The lowest BCUT2D eigenvalue weighted by molar-refractivity contribution is 0.0913. The van der Waals surface area contributed by atoms with Gasteiger partial charge in [0.25, 0.3) is 0 Å². The van der Waals surface area contributed by atoms with Gasteiger partial charge in [0.15, 0.2) is 6.61 Å². The second-order valence-corrected chi connectivity index (χ2v) is 3.94. The molecule has 0 bridgehead atoms. The Morgan fingerprint density at radius 2 is 1.70 bits per heavy atom. The molecule has 0 amide bonds. The molecular weight excluding hydrogens is 264 g/mol. The zero-order valence-electron chi connectivity index (χ0n) is 10.3. The van der Waals surface area contributed by atoms with E-state index in [1.165, 1.54) is 30.3 Å². The summed E-state index contributed by atoms with van der Waals surface area (Å²) in [6.07, 6.45) is 0. The van der Waals surface area contributed by atoms with Gasteiger partial charge in [-0.2, -0.15) is 5.26 Å². The molecule has 0 radical (unpaired) electrons. The number of ether oxygens (including phenoxy) is 1. The monoisotopic (exact) mass is 273 g/mol. The van der Waals surface area contributed by atoms with Crippen LogP contribution in [0.1, 0.15) is 15.9 Å². The third kappa shape index (κ3) is 2.98. The van der Waals surface area contributed by atoms with Crippen LogP contribution >= 0.6 is 0 Å². The Hall–Kier alpha value is -2.74. The Morgan fingerprint density at radius 1 is 1.10 bits per heavy atom. The molecule has 0 unspecified atom stereocenters. The van der Waals surface area contributed by atoms with Crippen molar-refractivity contribution in [3.8, 4) is 11.8 Å². The van der Waals surface area contributed by atoms with Crippen molar-refractivity contribution in [3.05, 3.63) is 65.2 Å². The number of nitrogens with zero attached hydrogens (tertiary/aromatic N) is 1. The molecule has 5 heteroatoms. The van der Waals surface area contributed by atoms with Crippen molar-refractivity contribution in [2.45, 2.75) is 0 Å². The molecule has 3 nitrogen and oxygen atoms in total. The van der Waals surface area contributed by atoms with Gasteiger partial charge in [0.1, 0.15) is 17.4 Å². The second-order valence-electron chi connectivity index (χ2n) is 3.94. The van der Waals surface area contributed by atoms with Crippen LogP contribution in [0.25, 0.3) is 0 Å². The fourth-order valence-electron chi connectivity index (χ4n) is 1.61. The first kappa shape index (κ1) is 13.7. The highest BCUT2D eigenvalue weighted by atomic mass is 19.1. The van der Waals surface area contributed by atoms with Crippen molar-refractivity contribution in [1.29, 1.82) is 5.26 Å². The smallest absolute Gasteiger partial charge is 0.206 e. The molecule has 0 aromatic heterocycles. The Kier molecular flexibility index (Phi) is 4.06. The van der Waals surface area contributed by atoms with Gasteiger partial charge in [-0.25, -0.2) is 8.78 Å². The molecule has 0 saturated heterocycles. The quantitative estimate of drug-likeness (QED) is 0.804. The van der Waals surface area contributed by atoms with Crippen LogP contribution in [0.5, 0.6) is 5.75 Å². The van der Waals surface area contributed by atoms with E-state index < -0.39 is 29.6 Å². The van der Waals surface area contributed by atoms with Gasteiger partial charge in [-0.05, 0) is 36.4 Å². The second kappa shape index (κ2) is 5.93. The molecule has 0 spiro atoms. The first-order valence-corrected chi connectivity index (χ1v) is 5.72. The normalized spacial score (nSPS) is 9.85. The third-order valence-corrected chi connectivity index (χ3v) is 2.59. The molecule has 0 aliphatic rings. The molecule has 0 fully saturated rings. The Morgan fingerprint density at radius 3 is 2.25 bits per heavy atom. The van der Waals surface area contributed by atoms with Crippen molar-refractivity contribution in [2.24, 2.45) is 0 Å². The van der Waals surface area contributed by atoms with E-state index in [9.17, 15) is 13.6 Å². The zero-order valence-corrected chi connectivity index (χ0v) is 10.3. The molecular formula is C15H9F2NO2.